The van der Waals surface area contributed by atoms with E-state index in [2.05, 4.69) is 5.32 Å². The van der Waals surface area contributed by atoms with Crippen LogP contribution in [0.1, 0.15) is 23.0 Å². The zero-order valence-electron chi connectivity index (χ0n) is 11.8. The van der Waals surface area contributed by atoms with Crippen LogP contribution in [0.15, 0.2) is 15.6 Å². The number of carbonyl (C=O) groups is 1. The number of nitrogens with one attached hydrogen (secondary N) is 1. The number of amides is 1. The largest absolute Gasteiger partial charge is 0.448 e. The molecule has 1 rings (SSSR count). The molecule has 0 spiro atoms. The second-order valence-corrected chi connectivity index (χ2v) is 6.52. The van der Waals surface area contributed by atoms with Crippen molar-refractivity contribution in [3.05, 3.63) is 17.4 Å². The number of hydrogen-bond donors (Lipinski definition) is 2. The van der Waals surface area contributed by atoms with Crippen molar-refractivity contribution in [2.24, 2.45) is 5.73 Å². The summed E-state index contributed by atoms with van der Waals surface area (Å²) in [7, 11) is -0.900. The van der Waals surface area contributed by atoms with E-state index in [4.69, 9.17) is 10.2 Å². The molecule has 1 amide bonds. The van der Waals surface area contributed by atoms with E-state index in [0.29, 0.717) is 6.54 Å². The van der Waals surface area contributed by atoms with Crippen molar-refractivity contribution < 1.29 is 17.6 Å². The molecule has 7 nitrogen and oxygen atoms in total. The van der Waals surface area contributed by atoms with E-state index >= 15 is 0 Å². The molecule has 0 saturated heterocycles. The lowest BCUT2D eigenvalue weighted by molar-refractivity contribution is 0.0939. The molecule has 9 heteroatoms. The molecule has 1 heterocycles. The minimum atomic E-state index is -3.68. The molecular weight excluding hydrogens is 306 g/mol. The number of furan rings is 1. The van der Waals surface area contributed by atoms with Gasteiger partial charge in [0, 0.05) is 32.7 Å². The molecule has 1 aromatic heterocycles. The molecule has 1 aromatic rings. The monoisotopic (exact) mass is 325 g/mol. The van der Waals surface area contributed by atoms with Gasteiger partial charge in [0.15, 0.2) is 0 Å². The highest BCUT2D eigenvalue weighted by molar-refractivity contribution is 7.88. The number of rotatable bonds is 5. The van der Waals surface area contributed by atoms with Crippen LogP contribution in [0.4, 0.5) is 0 Å². The fraction of sp³-hybridized carbons (Fsp3) is 0.545. The highest BCUT2D eigenvalue weighted by Crippen LogP contribution is 2.21. The molecule has 0 unspecified atom stereocenters. The smallest absolute Gasteiger partial charge is 0.275 e. The van der Waals surface area contributed by atoms with E-state index in [1.807, 2.05) is 0 Å². The Bertz CT molecular complexity index is 568. The molecule has 0 fully saturated rings. The van der Waals surface area contributed by atoms with Gasteiger partial charge in [0.2, 0.25) is 5.09 Å². The van der Waals surface area contributed by atoms with Crippen LogP contribution < -0.4 is 11.1 Å². The van der Waals surface area contributed by atoms with Crippen LogP contribution in [0.3, 0.4) is 0 Å². The summed E-state index contributed by atoms with van der Waals surface area (Å²) < 4.78 is 29.9. The zero-order chi connectivity index (χ0) is 14.8. The van der Waals surface area contributed by atoms with Gasteiger partial charge in [-0.3, -0.25) is 4.79 Å². The SMILES string of the molecule is Cc1oc(S(=O)(=O)N(C)C)cc1C(=O)N[C@@H](C)CN.Cl. The molecule has 0 aromatic carbocycles. The lowest BCUT2D eigenvalue weighted by Crippen LogP contribution is -2.37. The summed E-state index contributed by atoms with van der Waals surface area (Å²) in [6, 6.07) is 1.03. The molecule has 20 heavy (non-hydrogen) atoms. The first-order valence-electron chi connectivity index (χ1n) is 5.74. The van der Waals surface area contributed by atoms with E-state index in [0.717, 1.165) is 4.31 Å². The van der Waals surface area contributed by atoms with Crippen LogP contribution >= 0.6 is 12.4 Å². The van der Waals surface area contributed by atoms with E-state index in [-0.39, 0.29) is 34.9 Å². The molecule has 0 aliphatic heterocycles. The van der Waals surface area contributed by atoms with Gasteiger partial charge in [-0.1, -0.05) is 0 Å². The van der Waals surface area contributed by atoms with Gasteiger partial charge in [0.25, 0.3) is 15.9 Å². The summed E-state index contributed by atoms with van der Waals surface area (Å²) in [6.45, 7) is 3.59. The number of sulfonamides is 1. The third-order valence-corrected chi connectivity index (χ3v) is 4.28. The number of aryl methyl sites for hydroxylation is 1. The summed E-state index contributed by atoms with van der Waals surface area (Å²) in [5, 5.41) is 2.40. The lowest BCUT2D eigenvalue weighted by Gasteiger charge is -2.10. The molecule has 0 aliphatic rings. The summed E-state index contributed by atoms with van der Waals surface area (Å²) in [6.07, 6.45) is 0. The van der Waals surface area contributed by atoms with Crippen molar-refractivity contribution in [1.82, 2.24) is 9.62 Å². The van der Waals surface area contributed by atoms with Crippen LogP contribution in [0.25, 0.3) is 0 Å². The Morgan fingerprint density at radius 2 is 2.05 bits per heavy atom. The van der Waals surface area contributed by atoms with Crippen LogP contribution in [-0.4, -0.2) is 45.3 Å². The first-order valence-corrected chi connectivity index (χ1v) is 7.18. The zero-order valence-corrected chi connectivity index (χ0v) is 13.5. The van der Waals surface area contributed by atoms with Crippen LogP contribution in [0.2, 0.25) is 0 Å². The van der Waals surface area contributed by atoms with Gasteiger partial charge in [0.1, 0.15) is 5.76 Å². The predicted molar refractivity (Wildman–Crippen MR) is 77.5 cm³/mol. The van der Waals surface area contributed by atoms with E-state index in [9.17, 15) is 13.2 Å². The Morgan fingerprint density at radius 3 is 2.50 bits per heavy atom. The Morgan fingerprint density at radius 1 is 1.50 bits per heavy atom. The van der Waals surface area contributed by atoms with Crippen molar-refractivity contribution in [2.45, 2.75) is 25.0 Å². The lowest BCUT2D eigenvalue weighted by atomic mass is 10.2. The maximum atomic E-state index is 11.9. The number of carbonyl (C=O) groups excluding carboxylic acids is 1. The van der Waals surface area contributed by atoms with E-state index in [1.165, 1.54) is 27.1 Å². The number of nitrogens with two attached hydrogens (primary N) is 1. The van der Waals surface area contributed by atoms with E-state index in [1.54, 1.807) is 6.92 Å². The number of hydrogen-bond acceptors (Lipinski definition) is 5. The number of halogens is 1. The summed E-state index contributed by atoms with van der Waals surface area (Å²) in [5.74, 6) is -0.151. The van der Waals surface area contributed by atoms with Gasteiger partial charge in [-0.2, -0.15) is 0 Å². The van der Waals surface area contributed by atoms with Crippen LogP contribution in [0.5, 0.6) is 0 Å². The topological polar surface area (TPSA) is 106 Å². The average Bonchev–Trinajstić information content (AvgIpc) is 2.71. The first-order chi connectivity index (χ1) is 8.70. The quantitative estimate of drug-likeness (QED) is 0.812. The van der Waals surface area contributed by atoms with Gasteiger partial charge < -0.3 is 15.5 Å². The van der Waals surface area contributed by atoms with Crippen LogP contribution in [0, 0.1) is 6.92 Å². The van der Waals surface area contributed by atoms with Gasteiger partial charge in [0.05, 0.1) is 5.56 Å². The van der Waals surface area contributed by atoms with Gasteiger partial charge >= 0.3 is 0 Å². The molecule has 0 saturated carbocycles. The van der Waals surface area contributed by atoms with Gasteiger partial charge in [-0.05, 0) is 13.8 Å². The normalized spacial score (nSPS) is 12.9. The van der Waals surface area contributed by atoms with Crippen molar-refractivity contribution in [1.29, 1.82) is 0 Å². The molecule has 1 atom stereocenters. The Kier molecular flexibility index (Phi) is 6.69. The Labute approximate surface area is 125 Å². The third-order valence-electron chi connectivity index (χ3n) is 2.61. The number of nitrogens with zero attached hydrogens (tertiary/aromatic N) is 1. The molecule has 0 bridgehead atoms. The minimum Gasteiger partial charge on any atom is -0.448 e. The van der Waals surface area contributed by atoms with E-state index < -0.39 is 15.9 Å². The third kappa shape index (κ3) is 3.95. The molecule has 3 N–H and O–H groups in total. The first kappa shape index (κ1) is 18.9. The molecule has 0 radical (unpaired) electrons. The average molecular weight is 326 g/mol. The Hall–Kier alpha value is -1.09. The standard InChI is InChI=1S/C11H19N3O4S.ClH/c1-7(6-12)13-11(15)9-5-10(18-8(9)2)19(16,17)14(3)4;/h5,7H,6,12H2,1-4H3,(H,13,15);1H/t7-;/m0./s1. The fourth-order valence-electron chi connectivity index (χ4n) is 1.35. The molecule has 0 aliphatic carbocycles. The summed E-state index contributed by atoms with van der Waals surface area (Å²) >= 11 is 0. The van der Waals surface area contributed by atoms with Crippen LogP contribution in [-0.2, 0) is 10.0 Å². The van der Waals surface area contributed by atoms with Gasteiger partial charge in [-0.25, -0.2) is 12.7 Å². The second-order valence-electron chi connectivity index (χ2n) is 4.43. The van der Waals surface area contributed by atoms with Crippen molar-refractivity contribution >= 4 is 28.3 Å². The molecular formula is C11H20ClN3O4S. The highest BCUT2D eigenvalue weighted by atomic mass is 35.5. The van der Waals surface area contributed by atoms with Crippen molar-refractivity contribution in [3.63, 3.8) is 0 Å². The van der Waals surface area contributed by atoms with Gasteiger partial charge in [-0.15, -0.1) is 12.4 Å². The maximum absolute atomic E-state index is 11.9. The maximum Gasteiger partial charge on any atom is 0.275 e. The van der Waals surface area contributed by atoms with Crippen molar-refractivity contribution in [2.75, 3.05) is 20.6 Å². The fourth-order valence-corrected chi connectivity index (χ4v) is 2.20. The second kappa shape index (κ2) is 7.07. The Balaban J connectivity index is 0.00000361. The minimum absolute atomic E-state index is 0. The predicted octanol–water partition coefficient (Wildman–Crippen LogP) is 0.337. The highest BCUT2D eigenvalue weighted by Gasteiger charge is 2.25. The molecule has 116 valence electrons. The summed E-state index contributed by atoms with van der Waals surface area (Å²) in [5.41, 5.74) is 5.61. The summed E-state index contributed by atoms with van der Waals surface area (Å²) in [4.78, 5) is 11.9. The van der Waals surface area contributed by atoms with Crippen molar-refractivity contribution in [3.8, 4) is 0 Å².